The van der Waals surface area contributed by atoms with E-state index in [9.17, 15) is 22.4 Å². The zero-order valence-electron chi connectivity index (χ0n) is 25.2. The number of methoxy groups -OCH3 is 2. The van der Waals surface area contributed by atoms with Crippen LogP contribution in [-0.4, -0.2) is 64.5 Å². The number of carbonyl (C=O) groups excluding carboxylic acids is 2. The number of amides is 2. The fourth-order valence-corrected chi connectivity index (χ4v) is 6.01. The number of rotatable bonds is 15. The molecule has 2 atom stereocenters. The van der Waals surface area contributed by atoms with Gasteiger partial charge in [0.25, 0.3) is 10.0 Å². The molecule has 0 fully saturated rings. The van der Waals surface area contributed by atoms with Gasteiger partial charge in [0, 0.05) is 18.7 Å². The van der Waals surface area contributed by atoms with Gasteiger partial charge in [-0.15, -0.1) is 0 Å². The number of anilines is 1. The molecule has 0 aromatic heterocycles. The normalized spacial score (nSPS) is 12.6. The number of hydrogen-bond acceptors (Lipinski definition) is 6. The summed E-state index contributed by atoms with van der Waals surface area (Å²) in [5.74, 6) is -0.928. The Morgan fingerprint density at radius 3 is 2.14 bits per heavy atom. The summed E-state index contributed by atoms with van der Waals surface area (Å²) in [6, 6.07) is 17.5. The van der Waals surface area contributed by atoms with Gasteiger partial charge >= 0.3 is 0 Å². The summed E-state index contributed by atoms with van der Waals surface area (Å²) in [5, 5.41) is 2.95. The summed E-state index contributed by atoms with van der Waals surface area (Å²) >= 11 is 0. The van der Waals surface area contributed by atoms with Gasteiger partial charge in [0.15, 0.2) is 11.5 Å². The molecular weight excluding hydrogens is 573 g/mol. The summed E-state index contributed by atoms with van der Waals surface area (Å²) < 4.78 is 53.5. The number of halogens is 1. The Hall–Kier alpha value is -4.12. The molecule has 9 nitrogen and oxygen atoms in total. The Labute approximate surface area is 253 Å². The van der Waals surface area contributed by atoms with Crippen LogP contribution in [0.3, 0.4) is 0 Å². The average molecular weight is 614 g/mol. The highest BCUT2D eigenvalue weighted by Gasteiger charge is 2.34. The van der Waals surface area contributed by atoms with Gasteiger partial charge in [-0.25, -0.2) is 12.8 Å². The molecule has 1 N–H and O–H groups in total. The molecule has 11 heteroatoms. The van der Waals surface area contributed by atoms with E-state index >= 15 is 0 Å². The molecule has 0 unspecified atom stereocenters. The summed E-state index contributed by atoms with van der Waals surface area (Å²) in [5.41, 5.74) is 1.05. The van der Waals surface area contributed by atoms with Crippen molar-refractivity contribution in [2.45, 2.75) is 57.0 Å². The predicted octanol–water partition coefficient (Wildman–Crippen LogP) is 4.80. The van der Waals surface area contributed by atoms with Crippen LogP contribution < -0.4 is 19.1 Å². The van der Waals surface area contributed by atoms with Crippen LogP contribution in [0.2, 0.25) is 0 Å². The quantitative estimate of drug-likeness (QED) is 0.264. The molecule has 0 radical (unpaired) electrons. The van der Waals surface area contributed by atoms with Crippen LogP contribution >= 0.6 is 0 Å². The summed E-state index contributed by atoms with van der Waals surface area (Å²) in [6.45, 7) is 5.20. The number of sulfonamides is 1. The number of nitrogens with zero attached hydrogens (tertiary/aromatic N) is 2. The van der Waals surface area contributed by atoms with E-state index < -0.39 is 34.3 Å². The molecule has 0 aliphatic rings. The van der Waals surface area contributed by atoms with E-state index in [-0.39, 0.29) is 34.8 Å². The van der Waals surface area contributed by atoms with Crippen LogP contribution in [0.15, 0.2) is 77.7 Å². The fourth-order valence-electron chi connectivity index (χ4n) is 4.58. The van der Waals surface area contributed by atoms with Crippen molar-refractivity contribution in [3.63, 3.8) is 0 Å². The molecule has 232 valence electrons. The maximum absolute atomic E-state index is 14.1. The van der Waals surface area contributed by atoms with Crippen molar-refractivity contribution in [3.8, 4) is 11.5 Å². The van der Waals surface area contributed by atoms with Crippen molar-refractivity contribution < 1.29 is 31.9 Å². The van der Waals surface area contributed by atoms with Crippen molar-refractivity contribution >= 4 is 27.5 Å². The van der Waals surface area contributed by atoms with Crippen molar-refractivity contribution in [1.82, 2.24) is 10.2 Å². The zero-order chi connectivity index (χ0) is 31.6. The third-order valence-electron chi connectivity index (χ3n) is 7.21. The smallest absolute Gasteiger partial charge is 0.264 e. The Morgan fingerprint density at radius 2 is 1.56 bits per heavy atom. The summed E-state index contributed by atoms with van der Waals surface area (Å²) in [7, 11) is -1.55. The molecule has 0 saturated heterocycles. The van der Waals surface area contributed by atoms with Crippen LogP contribution in [0.5, 0.6) is 11.5 Å². The molecule has 0 saturated carbocycles. The summed E-state index contributed by atoms with van der Waals surface area (Å²) in [4.78, 5) is 28.7. The van der Waals surface area contributed by atoms with Gasteiger partial charge in [0.2, 0.25) is 11.8 Å². The first kappa shape index (κ1) is 33.4. The third-order valence-corrected chi connectivity index (χ3v) is 8.98. The Bertz CT molecular complexity index is 1470. The zero-order valence-corrected chi connectivity index (χ0v) is 26.1. The van der Waals surface area contributed by atoms with Crippen molar-refractivity contribution in [1.29, 1.82) is 0 Å². The lowest BCUT2D eigenvalue weighted by molar-refractivity contribution is -0.139. The minimum absolute atomic E-state index is 0.0876. The van der Waals surface area contributed by atoms with Crippen molar-refractivity contribution in [3.05, 3.63) is 84.2 Å². The number of benzene rings is 3. The lowest BCUT2D eigenvalue weighted by Gasteiger charge is -2.33. The molecule has 0 aliphatic carbocycles. The minimum atomic E-state index is -4.37. The molecule has 3 rings (SSSR count). The van der Waals surface area contributed by atoms with Crippen LogP contribution in [0.1, 0.15) is 39.2 Å². The molecule has 0 bridgehead atoms. The van der Waals surface area contributed by atoms with Crippen LogP contribution in [-0.2, 0) is 26.0 Å². The van der Waals surface area contributed by atoms with Gasteiger partial charge in [-0.05, 0) is 68.1 Å². The summed E-state index contributed by atoms with van der Waals surface area (Å²) in [6.07, 6.45) is 1.49. The van der Waals surface area contributed by atoms with Gasteiger partial charge in [-0.2, -0.15) is 0 Å². The minimum Gasteiger partial charge on any atom is -0.493 e. The van der Waals surface area contributed by atoms with E-state index in [2.05, 4.69) is 5.32 Å². The topological polar surface area (TPSA) is 105 Å². The number of nitrogens with one attached hydrogen (secondary N) is 1. The Morgan fingerprint density at radius 1 is 0.907 bits per heavy atom. The second kappa shape index (κ2) is 15.4. The van der Waals surface area contributed by atoms with E-state index in [0.29, 0.717) is 25.0 Å². The van der Waals surface area contributed by atoms with E-state index in [1.54, 1.807) is 0 Å². The Kier molecular flexibility index (Phi) is 11.9. The highest BCUT2D eigenvalue weighted by Crippen LogP contribution is 2.32. The van der Waals surface area contributed by atoms with Gasteiger partial charge < -0.3 is 19.7 Å². The van der Waals surface area contributed by atoms with Crippen LogP contribution in [0, 0.1) is 5.82 Å². The monoisotopic (exact) mass is 613 g/mol. The maximum Gasteiger partial charge on any atom is 0.264 e. The van der Waals surface area contributed by atoms with E-state index in [1.165, 1.54) is 49.5 Å². The van der Waals surface area contributed by atoms with Crippen LogP contribution in [0.4, 0.5) is 10.1 Å². The van der Waals surface area contributed by atoms with Gasteiger partial charge in [0.05, 0.1) is 24.8 Å². The number of hydrogen-bond donors (Lipinski definition) is 1. The molecule has 0 aliphatic heterocycles. The molecule has 3 aromatic rings. The first-order chi connectivity index (χ1) is 20.5. The molecule has 0 spiro atoms. The second-order valence-corrected chi connectivity index (χ2v) is 11.9. The molecule has 3 aromatic carbocycles. The van der Waals surface area contributed by atoms with E-state index in [1.807, 2.05) is 51.1 Å². The van der Waals surface area contributed by atoms with Crippen molar-refractivity contribution in [2.24, 2.45) is 0 Å². The molecule has 2 amide bonds. The SMILES string of the molecule is CC[C@H](C(=O)N[C@@H](C)CC)N(CCc1ccccc1)C(=O)CN(c1ccc(F)cc1)S(=O)(=O)c1ccc(OC)c(OC)c1. The van der Waals surface area contributed by atoms with Gasteiger partial charge in [0.1, 0.15) is 18.4 Å². The van der Waals surface area contributed by atoms with E-state index in [0.717, 1.165) is 22.0 Å². The van der Waals surface area contributed by atoms with Gasteiger partial charge in [-0.1, -0.05) is 44.2 Å². The first-order valence-corrected chi connectivity index (χ1v) is 15.6. The second-order valence-electron chi connectivity index (χ2n) is 10.1. The lowest BCUT2D eigenvalue weighted by Crippen LogP contribution is -2.54. The van der Waals surface area contributed by atoms with Crippen molar-refractivity contribution in [2.75, 3.05) is 31.6 Å². The van der Waals surface area contributed by atoms with Crippen LogP contribution in [0.25, 0.3) is 0 Å². The average Bonchev–Trinajstić information content (AvgIpc) is 3.02. The van der Waals surface area contributed by atoms with Gasteiger partial charge in [-0.3, -0.25) is 13.9 Å². The first-order valence-electron chi connectivity index (χ1n) is 14.2. The standard InChI is InChI=1S/C32H40FN3O6S/c1-6-23(3)34-32(38)28(7-2)35(20-19-24-11-9-8-10-12-24)31(37)22-36(26-15-13-25(33)14-16-26)43(39,40)27-17-18-29(41-4)30(21-27)42-5/h8-18,21,23,28H,6-7,19-20,22H2,1-5H3,(H,34,38)/t23-,28+/m0/s1. The largest absolute Gasteiger partial charge is 0.493 e. The highest BCUT2D eigenvalue weighted by atomic mass is 32.2. The molecular formula is C32H40FN3O6S. The molecule has 43 heavy (non-hydrogen) atoms. The predicted molar refractivity (Wildman–Crippen MR) is 164 cm³/mol. The third kappa shape index (κ3) is 8.47. The number of carbonyl (C=O) groups is 2. The van der Waals surface area contributed by atoms with E-state index in [4.69, 9.17) is 9.47 Å². The maximum atomic E-state index is 14.1. The molecule has 0 heterocycles. The highest BCUT2D eigenvalue weighted by molar-refractivity contribution is 7.92. The fraction of sp³-hybridized carbons (Fsp3) is 0.375. The Balaban J connectivity index is 2.05. The lowest BCUT2D eigenvalue weighted by atomic mass is 10.1. The number of ether oxygens (including phenoxy) is 2.